The third kappa shape index (κ3) is 3.34. The van der Waals surface area contributed by atoms with E-state index in [1.54, 1.807) is 12.1 Å². The molecule has 0 atom stereocenters. The molecule has 2 rings (SSSR count). The zero-order valence-electron chi connectivity index (χ0n) is 10.5. The van der Waals surface area contributed by atoms with Gasteiger partial charge in [-0.1, -0.05) is 22.0 Å². The standard InChI is InChI=1S/C13H9BrF2N2O3/c14-9-3-8(2-1-7(9)6-17)21-13-5-10(15)12(18(19)20)4-11(13)16/h1-5H,6,17H2. The summed E-state index contributed by atoms with van der Waals surface area (Å²) in [7, 11) is 0. The highest BCUT2D eigenvalue weighted by molar-refractivity contribution is 9.10. The fourth-order valence-corrected chi connectivity index (χ4v) is 2.14. The molecular formula is C13H9BrF2N2O3. The van der Waals surface area contributed by atoms with Gasteiger partial charge >= 0.3 is 5.69 Å². The van der Waals surface area contributed by atoms with Crippen LogP contribution in [-0.4, -0.2) is 4.92 Å². The number of nitrogens with zero attached hydrogens (tertiary/aromatic N) is 1. The van der Waals surface area contributed by atoms with Crippen LogP contribution in [0, 0.1) is 21.7 Å². The molecule has 0 fully saturated rings. The zero-order valence-corrected chi connectivity index (χ0v) is 12.1. The van der Waals surface area contributed by atoms with Crippen molar-refractivity contribution in [1.29, 1.82) is 0 Å². The number of rotatable bonds is 4. The number of benzene rings is 2. The quantitative estimate of drug-likeness (QED) is 0.664. The van der Waals surface area contributed by atoms with Crippen molar-refractivity contribution in [2.75, 3.05) is 0 Å². The molecule has 0 spiro atoms. The Balaban J connectivity index is 2.34. The van der Waals surface area contributed by atoms with Crippen LogP contribution in [0.5, 0.6) is 11.5 Å². The minimum Gasteiger partial charge on any atom is -0.454 e. The molecule has 21 heavy (non-hydrogen) atoms. The summed E-state index contributed by atoms with van der Waals surface area (Å²) in [5, 5.41) is 10.5. The molecule has 0 unspecified atom stereocenters. The van der Waals surface area contributed by atoms with Gasteiger partial charge in [0, 0.05) is 17.1 Å². The van der Waals surface area contributed by atoms with Crippen molar-refractivity contribution >= 4 is 21.6 Å². The van der Waals surface area contributed by atoms with Crippen molar-refractivity contribution in [2.45, 2.75) is 6.54 Å². The average Bonchev–Trinajstić information content (AvgIpc) is 2.42. The topological polar surface area (TPSA) is 78.4 Å². The van der Waals surface area contributed by atoms with Crippen molar-refractivity contribution in [3.8, 4) is 11.5 Å². The third-order valence-electron chi connectivity index (χ3n) is 2.67. The minimum atomic E-state index is -1.17. The van der Waals surface area contributed by atoms with Crippen LogP contribution in [-0.2, 0) is 6.54 Å². The second kappa shape index (κ2) is 6.15. The molecular weight excluding hydrogens is 350 g/mol. The van der Waals surface area contributed by atoms with Gasteiger partial charge in [-0.15, -0.1) is 0 Å². The Kier molecular flexibility index (Phi) is 4.49. The first kappa shape index (κ1) is 15.3. The highest BCUT2D eigenvalue weighted by Gasteiger charge is 2.19. The van der Waals surface area contributed by atoms with Crippen molar-refractivity contribution in [3.05, 3.63) is 62.1 Å². The molecule has 0 aliphatic rings. The number of halogens is 3. The molecule has 0 radical (unpaired) electrons. The lowest BCUT2D eigenvalue weighted by Crippen LogP contribution is -1.98. The predicted molar refractivity (Wildman–Crippen MR) is 75.1 cm³/mol. The van der Waals surface area contributed by atoms with E-state index in [2.05, 4.69) is 15.9 Å². The molecule has 0 saturated heterocycles. The highest BCUT2D eigenvalue weighted by atomic mass is 79.9. The molecule has 110 valence electrons. The van der Waals surface area contributed by atoms with Gasteiger partial charge in [-0.2, -0.15) is 4.39 Å². The first-order chi connectivity index (χ1) is 9.92. The van der Waals surface area contributed by atoms with Crippen molar-refractivity contribution < 1.29 is 18.4 Å². The van der Waals surface area contributed by atoms with Gasteiger partial charge in [-0.05, 0) is 17.7 Å². The smallest absolute Gasteiger partial charge is 0.307 e. The van der Waals surface area contributed by atoms with E-state index in [1.165, 1.54) is 6.07 Å². The summed E-state index contributed by atoms with van der Waals surface area (Å²) in [5.41, 5.74) is 5.37. The van der Waals surface area contributed by atoms with Crippen LogP contribution in [0.15, 0.2) is 34.8 Å². The molecule has 0 heterocycles. The van der Waals surface area contributed by atoms with E-state index in [0.717, 1.165) is 5.56 Å². The molecule has 0 aliphatic heterocycles. The highest BCUT2D eigenvalue weighted by Crippen LogP contribution is 2.31. The Morgan fingerprint density at radius 3 is 2.52 bits per heavy atom. The fourth-order valence-electron chi connectivity index (χ4n) is 1.62. The van der Waals surface area contributed by atoms with Gasteiger partial charge in [0.15, 0.2) is 11.6 Å². The van der Waals surface area contributed by atoms with Gasteiger partial charge in [0.1, 0.15) is 5.75 Å². The molecule has 2 aromatic rings. The van der Waals surface area contributed by atoms with Crippen molar-refractivity contribution in [3.63, 3.8) is 0 Å². The summed E-state index contributed by atoms with van der Waals surface area (Å²) in [6.07, 6.45) is 0. The molecule has 0 bridgehead atoms. The lowest BCUT2D eigenvalue weighted by molar-refractivity contribution is -0.387. The number of ether oxygens (including phenoxy) is 1. The lowest BCUT2D eigenvalue weighted by Gasteiger charge is -2.09. The predicted octanol–water partition coefficient (Wildman–Crippen LogP) is 3.89. The van der Waals surface area contributed by atoms with Gasteiger partial charge in [0.25, 0.3) is 0 Å². The van der Waals surface area contributed by atoms with Crippen LogP contribution in [0.25, 0.3) is 0 Å². The van der Waals surface area contributed by atoms with Gasteiger partial charge < -0.3 is 10.5 Å². The van der Waals surface area contributed by atoms with Crippen LogP contribution >= 0.6 is 15.9 Å². The maximum atomic E-state index is 13.7. The molecule has 2 aromatic carbocycles. The summed E-state index contributed by atoms with van der Waals surface area (Å²) in [6, 6.07) is 5.86. The normalized spacial score (nSPS) is 10.5. The molecule has 0 aliphatic carbocycles. The SMILES string of the molecule is NCc1ccc(Oc2cc(F)c([N+](=O)[O-])cc2F)cc1Br. The number of nitro groups is 1. The molecule has 0 amide bonds. The van der Waals surface area contributed by atoms with E-state index >= 15 is 0 Å². The van der Waals surface area contributed by atoms with E-state index in [0.29, 0.717) is 23.2 Å². The maximum Gasteiger partial charge on any atom is 0.307 e. The summed E-state index contributed by atoms with van der Waals surface area (Å²) in [4.78, 5) is 9.49. The Morgan fingerprint density at radius 2 is 1.95 bits per heavy atom. The molecule has 8 heteroatoms. The number of nitrogens with two attached hydrogens (primary N) is 1. The summed E-state index contributed by atoms with van der Waals surface area (Å²) >= 11 is 3.27. The zero-order chi connectivity index (χ0) is 15.6. The molecule has 2 N–H and O–H groups in total. The molecule has 5 nitrogen and oxygen atoms in total. The van der Waals surface area contributed by atoms with E-state index in [4.69, 9.17) is 10.5 Å². The van der Waals surface area contributed by atoms with Gasteiger partial charge in [-0.3, -0.25) is 10.1 Å². The van der Waals surface area contributed by atoms with E-state index in [9.17, 15) is 18.9 Å². The first-order valence-corrected chi connectivity index (χ1v) is 6.51. The Morgan fingerprint density at radius 1 is 1.24 bits per heavy atom. The van der Waals surface area contributed by atoms with Crippen molar-refractivity contribution in [1.82, 2.24) is 0 Å². The lowest BCUT2D eigenvalue weighted by atomic mass is 10.2. The maximum absolute atomic E-state index is 13.7. The summed E-state index contributed by atoms with van der Waals surface area (Å²) < 4.78 is 33.0. The Bertz CT molecular complexity index is 710. The summed E-state index contributed by atoms with van der Waals surface area (Å²) in [6.45, 7) is 0.307. The number of nitro benzene ring substituents is 1. The second-order valence-electron chi connectivity index (χ2n) is 4.05. The second-order valence-corrected chi connectivity index (χ2v) is 4.90. The van der Waals surface area contributed by atoms with E-state index < -0.39 is 28.0 Å². The molecule has 0 saturated carbocycles. The van der Waals surface area contributed by atoms with E-state index in [1.807, 2.05) is 0 Å². The fraction of sp³-hybridized carbons (Fsp3) is 0.0769. The molecule has 0 aromatic heterocycles. The van der Waals surface area contributed by atoms with Gasteiger partial charge in [0.2, 0.25) is 5.82 Å². The van der Waals surface area contributed by atoms with Crippen LogP contribution in [0.2, 0.25) is 0 Å². The third-order valence-corrected chi connectivity index (χ3v) is 3.41. The Hall–Kier alpha value is -2.06. The van der Waals surface area contributed by atoms with Crippen molar-refractivity contribution in [2.24, 2.45) is 5.73 Å². The van der Waals surface area contributed by atoms with Crippen LogP contribution in [0.1, 0.15) is 5.56 Å². The average molecular weight is 359 g/mol. The Labute approximate surface area is 126 Å². The van der Waals surface area contributed by atoms with Gasteiger partial charge in [-0.25, -0.2) is 4.39 Å². The van der Waals surface area contributed by atoms with Crippen LogP contribution in [0.3, 0.4) is 0 Å². The summed E-state index contributed by atoms with van der Waals surface area (Å²) in [5.74, 6) is -2.40. The number of hydrogen-bond donors (Lipinski definition) is 1. The monoisotopic (exact) mass is 358 g/mol. The van der Waals surface area contributed by atoms with Crippen LogP contribution < -0.4 is 10.5 Å². The van der Waals surface area contributed by atoms with Crippen LogP contribution in [0.4, 0.5) is 14.5 Å². The van der Waals surface area contributed by atoms with E-state index in [-0.39, 0.29) is 5.75 Å². The first-order valence-electron chi connectivity index (χ1n) is 5.72. The largest absolute Gasteiger partial charge is 0.454 e. The minimum absolute atomic E-state index is 0.242. The van der Waals surface area contributed by atoms with Gasteiger partial charge in [0.05, 0.1) is 11.0 Å². The number of hydrogen-bond acceptors (Lipinski definition) is 4.